The minimum atomic E-state index is -0.631. The van der Waals surface area contributed by atoms with Crippen molar-refractivity contribution in [1.29, 1.82) is 0 Å². The van der Waals surface area contributed by atoms with Crippen molar-refractivity contribution >= 4 is 34.0 Å². The molecule has 3 aromatic heterocycles. The first-order valence-corrected chi connectivity index (χ1v) is 9.87. The fraction of sp³-hybridized carbons (Fsp3) is 0.150. The average molecular weight is 405 g/mol. The average Bonchev–Trinajstić information content (AvgIpc) is 3.32. The van der Waals surface area contributed by atoms with E-state index >= 15 is 0 Å². The first kappa shape index (κ1) is 17.5. The summed E-state index contributed by atoms with van der Waals surface area (Å²) < 4.78 is 0. The molecule has 9 heteroatoms. The van der Waals surface area contributed by atoms with Gasteiger partial charge in [0.25, 0.3) is 11.5 Å². The summed E-state index contributed by atoms with van der Waals surface area (Å²) in [6.07, 6.45) is 2.12. The third kappa shape index (κ3) is 2.95. The van der Waals surface area contributed by atoms with Gasteiger partial charge in [-0.1, -0.05) is 6.07 Å². The molecule has 1 aliphatic rings. The molecule has 1 aliphatic heterocycles. The van der Waals surface area contributed by atoms with E-state index in [4.69, 9.17) is 0 Å². The number of aromatic amines is 2. The van der Waals surface area contributed by atoms with Gasteiger partial charge >= 0.3 is 5.69 Å². The molecule has 0 radical (unpaired) electrons. The fourth-order valence-electron chi connectivity index (χ4n) is 3.59. The Hall–Kier alpha value is -3.59. The summed E-state index contributed by atoms with van der Waals surface area (Å²) in [5.74, 6) is -0.235. The van der Waals surface area contributed by atoms with E-state index in [1.165, 1.54) is 12.3 Å². The van der Waals surface area contributed by atoms with Gasteiger partial charge in [0.05, 0.1) is 21.7 Å². The van der Waals surface area contributed by atoms with Crippen LogP contribution in [-0.4, -0.2) is 32.4 Å². The summed E-state index contributed by atoms with van der Waals surface area (Å²) in [7, 11) is 0. The van der Waals surface area contributed by atoms with Crippen LogP contribution in [0.5, 0.6) is 0 Å². The summed E-state index contributed by atoms with van der Waals surface area (Å²) in [5, 5.41) is 3.21. The molecule has 0 saturated carbocycles. The van der Waals surface area contributed by atoms with E-state index in [0.717, 1.165) is 33.9 Å². The van der Waals surface area contributed by atoms with Gasteiger partial charge in [0.15, 0.2) is 0 Å². The maximum atomic E-state index is 13.1. The zero-order chi connectivity index (χ0) is 20.1. The molecule has 144 valence electrons. The van der Waals surface area contributed by atoms with E-state index < -0.39 is 11.2 Å². The molecule has 4 aromatic rings. The number of H-pyrrole nitrogens is 2. The van der Waals surface area contributed by atoms with Crippen LogP contribution in [0.15, 0.2) is 45.4 Å². The van der Waals surface area contributed by atoms with Crippen molar-refractivity contribution in [1.82, 2.24) is 19.9 Å². The Morgan fingerprint density at radius 1 is 1.21 bits per heavy atom. The standard InChI is InChI=1S/C20H15N5O3S/c1-10-22-15(9-29-10)11-2-3-16-12(6-11)4-5-25(16)19(27)13-7-14-17(21-8-13)23-20(28)24-18(14)26/h2-3,6-9H,4-5H2,1H3,(H2,21,23,24,26,28). The molecule has 5 rings (SSSR count). The van der Waals surface area contributed by atoms with Crippen LogP contribution in [0.25, 0.3) is 22.3 Å². The first-order valence-electron chi connectivity index (χ1n) is 8.99. The quantitative estimate of drug-likeness (QED) is 0.531. The number of rotatable bonds is 2. The number of carbonyl (C=O) groups excluding carboxylic acids is 1. The molecule has 0 unspecified atom stereocenters. The van der Waals surface area contributed by atoms with Gasteiger partial charge in [0, 0.05) is 29.4 Å². The van der Waals surface area contributed by atoms with Crippen LogP contribution in [0.4, 0.5) is 5.69 Å². The molecule has 1 amide bonds. The second kappa shape index (κ2) is 6.49. The predicted octanol–water partition coefficient (Wildman–Crippen LogP) is 2.25. The van der Waals surface area contributed by atoms with Crippen molar-refractivity contribution in [2.75, 3.05) is 11.4 Å². The number of hydrogen-bond acceptors (Lipinski definition) is 6. The lowest BCUT2D eigenvalue weighted by molar-refractivity contribution is 0.0989. The van der Waals surface area contributed by atoms with Gasteiger partial charge in [-0.15, -0.1) is 11.3 Å². The molecule has 0 saturated heterocycles. The monoisotopic (exact) mass is 405 g/mol. The Bertz CT molecular complexity index is 1400. The van der Waals surface area contributed by atoms with Crippen molar-refractivity contribution in [2.45, 2.75) is 13.3 Å². The normalized spacial score (nSPS) is 13.1. The van der Waals surface area contributed by atoms with E-state index in [-0.39, 0.29) is 16.9 Å². The topological polar surface area (TPSA) is 112 Å². The number of benzene rings is 1. The molecule has 0 aliphatic carbocycles. The maximum Gasteiger partial charge on any atom is 0.327 e. The first-order chi connectivity index (χ1) is 14.0. The van der Waals surface area contributed by atoms with Crippen LogP contribution in [0, 0.1) is 6.92 Å². The van der Waals surface area contributed by atoms with Gasteiger partial charge in [0.2, 0.25) is 0 Å². The van der Waals surface area contributed by atoms with Crippen LogP contribution in [0.2, 0.25) is 0 Å². The van der Waals surface area contributed by atoms with Crippen molar-refractivity contribution in [3.05, 3.63) is 72.8 Å². The van der Waals surface area contributed by atoms with Crippen LogP contribution in [-0.2, 0) is 6.42 Å². The van der Waals surface area contributed by atoms with E-state index in [0.29, 0.717) is 12.1 Å². The van der Waals surface area contributed by atoms with E-state index in [1.807, 2.05) is 24.4 Å². The number of aryl methyl sites for hydroxylation is 1. The summed E-state index contributed by atoms with van der Waals surface area (Å²) in [6, 6.07) is 7.44. The highest BCUT2D eigenvalue weighted by molar-refractivity contribution is 7.09. The van der Waals surface area contributed by atoms with Crippen LogP contribution in [0.3, 0.4) is 0 Å². The molecule has 0 bridgehead atoms. The number of hydrogen-bond donors (Lipinski definition) is 2. The molecule has 0 fully saturated rings. The Labute approximate surface area is 167 Å². The molecular weight excluding hydrogens is 390 g/mol. The number of fused-ring (bicyclic) bond motifs is 2. The van der Waals surface area contributed by atoms with Crippen molar-refractivity contribution in [2.24, 2.45) is 0 Å². The number of anilines is 1. The summed E-state index contributed by atoms with van der Waals surface area (Å²) in [4.78, 5) is 51.4. The van der Waals surface area contributed by atoms with Crippen molar-refractivity contribution < 1.29 is 4.79 Å². The van der Waals surface area contributed by atoms with Crippen molar-refractivity contribution in [3.63, 3.8) is 0 Å². The lowest BCUT2D eigenvalue weighted by Gasteiger charge is -2.17. The Morgan fingerprint density at radius 2 is 2.07 bits per heavy atom. The van der Waals surface area contributed by atoms with Gasteiger partial charge in [0.1, 0.15) is 5.65 Å². The number of thiazole rings is 1. The fourth-order valence-corrected chi connectivity index (χ4v) is 4.21. The summed E-state index contributed by atoms with van der Waals surface area (Å²) in [5.41, 5.74) is 3.14. The number of aromatic nitrogens is 4. The smallest absolute Gasteiger partial charge is 0.308 e. The zero-order valence-corrected chi connectivity index (χ0v) is 16.2. The van der Waals surface area contributed by atoms with Gasteiger partial charge < -0.3 is 4.90 Å². The van der Waals surface area contributed by atoms with E-state index in [2.05, 4.69) is 26.0 Å². The zero-order valence-electron chi connectivity index (χ0n) is 15.4. The van der Waals surface area contributed by atoms with Crippen LogP contribution < -0.4 is 16.1 Å². The van der Waals surface area contributed by atoms with E-state index in [1.54, 1.807) is 16.2 Å². The summed E-state index contributed by atoms with van der Waals surface area (Å²) in [6.45, 7) is 2.52. The Balaban J connectivity index is 1.50. The van der Waals surface area contributed by atoms with Gasteiger partial charge in [-0.05, 0) is 37.1 Å². The predicted molar refractivity (Wildman–Crippen MR) is 111 cm³/mol. The van der Waals surface area contributed by atoms with Gasteiger partial charge in [-0.2, -0.15) is 0 Å². The minimum absolute atomic E-state index is 0.153. The van der Waals surface area contributed by atoms with Gasteiger partial charge in [-0.25, -0.2) is 14.8 Å². The minimum Gasteiger partial charge on any atom is -0.308 e. The molecule has 4 heterocycles. The molecule has 2 N–H and O–H groups in total. The van der Waals surface area contributed by atoms with Crippen LogP contribution >= 0.6 is 11.3 Å². The third-order valence-electron chi connectivity index (χ3n) is 4.97. The SMILES string of the molecule is Cc1nc(-c2ccc3c(c2)CCN3C(=O)c2cnc3[nH]c(=O)[nH]c(=O)c3c2)cs1. The molecule has 0 atom stereocenters. The summed E-state index contributed by atoms with van der Waals surface area (Å²) >= 11 is 1.61. The van der Waals surface area contributed by atoms with E-state index in [9.17, 15) is 14.4 Å². The number of amides is 1. The number of pyridine rings is 1. The molecule has 8 nitrogen and oxygen atoms in total. The molecule has 1 aromatic carbocycles. The van der Waals surface area contributed by atoms with Crippen LogP contribution in [0.1, 0.15) is 20.9 Å². The second-order valence-corrected chi connectivity index (χ2v) is 7.89. The molecule has 29 heavy (non-hydrogen) atoms. The van der Waals surface area contributed by atoms with Gasteiger partial charge in [-0.3, -0.25) is 19.6 Å². The third-order valence-corrected chi connectivity index (χ3v) is 5.75. The Morgan fingerprint density at radius 3 is 2.86 bits per heavy atom. The lowest BCUT2D eigenvalue weighted by atomic mass is 10.1. The Kier molecular flexibility index (Phi) is 3.92. The number of nitrogens with one attached hydrogen (secondary N) is 2. The molecular formula is C20H15N5O3S. The number of nitrogens with zero attached hydrogens (tertiary/aromatic N) is 3. The highest BCUT2D eigenvalue weighted by Gasteiger charge is 2.26. The highest BCUT2D eigenvalue weighted by atomic mass is 32.1. The lowest BCUT2D eigenvalue weighted by Crippen LogP contribution is -2.29. The second-order valence-electron chi connectivity index (χ2n) is 6.83. The largest absolute Gasteiger partial charge is 0.327 e. The maximum absolute atomic E-state index is 13.1. The highest BCUT2D eigenvalue weighted by Crippen LogP contribution is 2.33. The number of carbonyl (C=O) groups is 1. The molecule has 0 spiro atoms. The van der Waals surface area contributed by atoms with Crippen molar-refractivity contribution in [3.8, 4) is 11.3 Å².